The van der Waals surface area contributed by atoms with E-state index in [1.165, 1.54) is 119 Å². The Morgan fingerprint density at radius 1 is 0.483 bits per heavy atom. The van der Waals surface area contributed by atoms with E-state index in [1.54, 1.807) is 0 Å². The highest BCUT2D eigenvalue weighted by Crippen LogP contribution is 2.54. The first-order valence-corrected chi connectivity index (χ1v) is 22.3. The van der Waals surface area contributed by atoms with Gasteiger partial charge in [-0.25, -0.2) is 0 Å². The van der Waals surface area contributed by atoms with E-state index in [0.29, 0.717) is 0 Å². The van der Waals surface area contributed by atoms with Gasteiger partial charge in [0.05, 0.1) is 11.4 Å². The van der Waals surface area contributed by atoms with Gasteiger partial charge in [-0.05, 0) is 135 Å². The third-order valence-electron chi connectivity index (χ3n) is 14.8. The molecular formula is C54H53BN2S. The molecule has 4 aliphatic rings. The molecule has 2 aliphatic carbocycles. The first-order chi connectivity index (χ1) is 27.8. The number of para-hydroxylation sites is 2. The van der Waals surface area contributed by atoms with Crippen molar-refractivity contribution >= 4 is 78.0 Å². The highest BCUT2D eigenvalue weighted by molar-refractivity contribution is 7.33. The summed E-state index contributed by atoms with van der Waals surface area (Å²) in [5.41, 5.74) is 19.4. The molecule has 0 bridgehead atoms. The van der Waals surface area contributed by atoms with Crippen LogP contribution in [0.3, 0.4) is 0 Å². The molecule has 4 heteroatoms. The number of benzene rings is 6. The van der Waals surface area contributed by atoms with Crippen molar-refractivity contribution in [3.63, 3.8) is 0 Å². The summed E-state index contributed by atoms with van der Waals surface area (Å²) < 4.78 is 2.86. The van der Waals surface area contributed by atoms with Crippen molar-refractivity contribution in [2.45, 2.75) is 103 Å². The SMILES string of the molecule is CC1(C)CCC(C)(C)c2cc(N3c4cccc5c4B(c4ccccc4N5c4ccccc4-c4ccccc4)c4sc5cc6c(cc5c43)C(C)(C)CCC6(C)C)ccc21. The van der Waals surface area contributed by atoms with Gasteiger partial charge in [-0.3, -0.25) is 0 Å². The second kappa shape index (κ2) is 12.2. The van der Waals surface area contributed by atoms with Crippen molar-refractivity contribution < 1.29 is 0 Å². The largest absolute Gasteiger partial charge is 0.311 e. The highest BCUT2D eigenvalue weighted by atomic mass is 32.1. The summed E-state index contributed by atoms with van der Waals surface area (Å²) in [5, 5.41) is 1.40. The van der Waals surface area contributed by atoms with E-state index in [-0.39, 0.29) is 28.4 Å². The fourth-order valence-electron chi connectivity index (χ4n) is 11.2. The predicted molar refractivity (Wildman–Crippen MR) is 252 cm³/mol. The van der Waals surface area contributed by atoms with E-state index in [9.17, 15) is 0 Å². The smallest absolute Gasteiger partial charge is 0.264 e. The summed E-state index contributed by atoms with van der Waals surface area (Å²) in [5.74, 6) is 0. The molecule has 11 rings (SSSR count). The van der Waals surface area contributed by atoms with Crippen molar-refractivity contribution in [1.82, 2.24) is 0 Å². The zero-order chi connectivity index (χ0) is 39.9. The van der Waals surface area contributed by atoms with Gasteiger partial charge in [-0.15, -0.1) is 11.3 Å². The van der Waals surface area contributed by atoms with Gasteiger partial charge in [0.1, 0.15) is 0 Å². The van der Waals surface area contributed by atoms with E-state index in [0.717, 1.165) is 0 Å². The molecule has 288 valence electrons. The van der Waals surface area contributed by atoms with Crippen LogP contribution in [0.4, 0.5) is 34.1 Å². The summed E-state index contributed by atoms with van der Waals surface area (Å²) in [6.07, 6.45) is 4.81. The summed E-state index contributed by atoms with van der Waals surface area (Å²) in [4.78, 5) is 5.25. The molecule has 58 heavy (non-hydrogen) atoms. The zero-order valence-corrected chi connectivity index (χ0v) is 36.1. The number of hydrogen-bond acceptors (Lipinski definition) is 3. The molecule has 2 aliphatic heterocycles. The van der Waals surface area contributed by atoms with Crippen molar-refractivity contribution in [3.8, 4) is 11.1 Å². The van der Waals surface area contributed by atoms with Crippen molar-refractivity contribution in [2.24, 2.45) is 0 Å². The zero-order valence-electron chi connectivity index (χ0n) is 35.3. The second-order valence-electron chi connectivity index (χ2n) is 20.2. The first-order valence-electron chi connectivity index (χ1n) is 21.5. The Balaban J connectivity index is 1.23. The fraction of sp³-hybridized carbons (Fsp3) is 0.296. The molecular weight excluding hydrogens is 719 g/mol. The molecule has 0 saturated carbocycles. The van der Waals surface area contributed by atoms with Crippen LogP contribution in [0.5, 0.6) is 0 Å². The second-order valence-corrected chi connectivity index (χ2v) is 21.3. The number of anilines is 6. The maximum Gasteiger partial charge on any atom is 0.264 e. The molecule has 0 fully saturated rings. The number of hydrogen-bond donors (Lipinski definition) is 0. The first kappa shape index (κ1) is 36.1. The quantitative estimate of drug-likeness (QED) is 0.165. The number of rotatable bonds is 3. The number of fused-ring (bicyclic) bond motifs is 8. The molecule has 0 saturated heterocycles. The lowest BCUT2D eigenvalue weighted by atomic mass is 9.36. The summed E-state index contributed by atoms with van der Waals surface area (Å²) in [6, 6.07) is 48.9. The van der Waals surface area contributed by atoms with Crippen molar-refractivity contribution in [2.75, 3.05) is 9.80 Å². The van der Waals surface area contributed by atoms with Crippen molar-refractivity contribution in [1.29, 1.82) is 0 Å². The minimum atomic E-state index is 0.0976. The Morgan fingerprint density at radius 3 is 1.74 bits per heavy atom. The fourth-order valence-corrected chi connectivity index (χ4v) is 12.5. The van der Waals surface area contributed by atoms with Crippen molar-refractivity contribution in [3.05, 3.63) is 150 Å². The molecule has 0 spiro atoms. The van der Waals surface area contributed by atoms with Crippen LogP contribution in [-0.2, 0) is 21.7 Å². The molecule has 7 aromatic rings. The monoisotopic (exact) mass is 772 g/mol. The topological polar surface area (TPSA) is 6.48 Å². The van der Waals surface area contributed by atoms with Crippen LogP contribution < -0.4 is 25.5 Å². The van der Waals surface area contributed by atoms with E-state index in [2.05, 4.69) is 193 Å². The lowest BCUT2D eigenvalue weighted by Crippen LogP contribution is -2.60. The van der Waals surface area contributed by atoms with Gasteiger partial charge in [0.2, 0.25) is 0 Å². The Hall–Kier alpha value is -5.06. The maximum absolute atomic E-state index is 2.68. The van der Waals surface area contributed by atoms with Gasteiger partial charge in [0.25, 0.3) is 6.71 Å². The molecule has 1 aromatic heterocycles. The Morgan fingerprint density at radius 2 is 1.03 bits per heavy atom. The molecule has 0 atom stereocenters. The summed E-state index contributed by atoms with van der Waals surface area (Å²) in [6.45, 7) is 19.8. The van der Waals surface area contributed by atoms with Crippen LogP contribution in [-0.4, -0.2) is 6.71 Å². The van der Waals surface area contributed by atoms with Gasteiger partial charge < -0.3 is 9.80 Å². The predicted octanol–water partition coefficient (Wildman–Crippen LogP) is 13.3. The molecule has 6 aromatic carbocycles. The molecule has 0 N–H and O–H groups in total. The lowest BCUT2D eigenvalue weighted by molar-refractivity contribution is 0.332. The summed E-state index contributed by atoms with van der Waals surface area (Å²) >= 11 is 2.04. The van der Waals surface area contributed by atoms with E-state index >= 15 is 0 Å². The standard InChI is InChI=1S/C54H53BN2S/c1-51(2)27-28-52(3,4)39-31-35(25-26-38(39)51)56-45-23-16-24-46-48(45)55(50-49(56)37-32-40-41(33-47(37)58-50)54(7,8)30-29-53(40,5)6)42-20-13-15-22-44(42)57(46)43-21-14-12-19-36(43)34-17-10-9-11-18-34/h9-26,31-33H,27-30H2,1-8H3. The summed E-state index contributed by atoms with van der Waals surface area (Å²) in [7, 11) is 0. The van der Waals surface area contributed by atoms with Gasteiger partial charge >= 0.3 is 0 Å². The van der Waals surface area contributed by atoms with Crippen LogP contribution >= 0.6 is 11.3 Å². The van der Waals surface area contributed by atoms with E-state index < -0.39 is 0 Å². The minimum Gasteiger partial charge on any atom is -0.311 e. The van der Waals surface area contributed by atoms with E-state index in [1.807, 2.05) is 11.3 Å². The Kier molecular flexibility index (Phi) is 7.61. The van der Waals surface area contributed by atoms with Gasteiger partial charge in [0.15, 0.2) is 0 Å². The van der Waals surface area contributed by atoms with Crippen LogP contribution in [0.1, 0.15) is 103 Å². The van der Waals surface area contributed by atoms with Crippen LogP contribution in [0.25, 0.3) is 21.2 Å². The lowest BCUT2D eigenvalue weighted by Gasteiger charge is -2.45. The van der Waals surface area contributed by atoms with E-state index in [4.69, 9.17) is 0 Å². The maximum atomic E-state index is 2.68. The van der Waals surface area contributed by atoms with Gasteiger partial charge in [-0.1, -0.05) is 134 Å². The normalized spacial score (nSPS) is 18.9. The van der Waals surface area contributed by atoms with Gasteiger partial charge in [-0.2, -0.15) is 0 Å². The third kappa shape index (κ3) is 5.09. The highest BCUT2D eigenvalue weighted by Gasteiger charge is 2.47. The molecule has 2 nitrogen and oxygen atoms in total. The molecule has 3 heterocycles. The average molecular weight is 773 g/mol. The third-order valence-corrected chi connectivity index (χ3v) is 16.0. The van der Waals surface area contributed by atoms with Crippen LogP contribution in [0.2, 0.25) is 0 Å². The van der Waals surface area contributed by atoms with Crippen LogP contribution in [0.15, 0.2) is 127 Å². The Bertz CT molecular complexity index is 2820. The minimum absolute atomic E-state index is 0.0976. The molecule has 0 amide bonds. The number of thiophene rings is 1. The van der Waals surface area contributed by atoms with Gasteiger partial charge in [0, 0.05) is 43.2 Å². The molecule has 0 radical (unpaired) electrons. The molecule has 0 unspecified atom stereocenters. The average Bonchev–Trinajstić information content (AvgIpc) is 3.59. The number of nitrogens with zero attached hydrogens (tertiary/aromatic N) is 2. The van der Waals surface area contributed by atoms with Crippen LogP contribution in [0, 0.1) is 0 Å². The Labute approximate surface area is 349 Å².